The number of nitrogen functional groups attached to an aromatic ring is 1. The van der Waals surface area contributed by atoms with E-state index in [-0.39, 0.29) is 17.3 Å². The van der Waals surface area contributed by atoms with Crippen LogP contribution < -0.4 is 5.73 Å². The Bertz CT molecular complexity index is 588. The summed E-state index contributed by atoms with van der Waals surface area (Å²) in [6.45, 7) is 1.97. The molecule has 0 bridgehead atoms. The summed E-state index contributed by atoms with van der Waals surface area (Å²) in [6, 6.07) is 2.93. The molecule has 110 valence electrons. The maximum Gasteiger partial charge on any atom is 0.275 e. The van der Waals surface area contributed by atoms with E-state index >= 15 is 0 Å². The van der Waals surface area contributed by atoms with E-state index in [2.05, 4.69) is 10.2 Å². The first-order chi connectivity index (χ1) is 9.45. The molecule has 0 aromatic carbocycles. The van der Waals surface area contributed by atoms with Crippen molar-refractivity contribution in [1.82, 2.24) is 15.1 Å². The Balaban J connectivity index is 2.28. The number of carbonyl (C=O) groups is 1. The fourth-order valence-electron chi connectivity index (χ4n) is 1.91. The molecular formula is C11H16N4O3S2. The molecule has 2 rings (SSSR count). The Morgan fingerprint density at radius 3 is 2.85 bits per heavy atom. The highest BCUT2D eigenvalue weighted by Crippen LogP contribution is 2.23. The summed E-state index contributed by atoms with van der Waals surface area (Å²) in [7, 11) is -3.32. The van der Waals surface area contributed by atoms with Crippen LogP contribution in [-0.2, 0) is 9.84 Å². The van der Waals surface area contributed by atoms with Crippen LogP contribution in [0.2, 0.25) is 0 Å². The van der Waals surface area contributed by atoms with E-state index in [0.29, 0.717) is 18.1 Å². The van der Waals surface area contributed by atoms with Gasteiger partial charge in [0.1, 0.15) is 11.2 Å². The van der Waals surface area contributed by atoms with E-state index < -0.39 is 21.1 Å². The van der Waals surface area contributed by atoms with Gasteiger partial charge in [0.15, 0.2) is 15.5 Å². The molecule has 9 heteroatoms. The van der Waals surface area contributed by atoms with Gasteiger partial charge in [0.25, 0.3) is 5.91 Å². The Morgan fingerprint density at radius 1 is 1.50 bits per heavy atom. The van der Waals surface area contributed by atoms with Crippen molar-refractivity contribution < 1.29 is 13.2 Å². The van der Waals surface area contributed by atoms with Crippen molar-refractivity contribution in [3.8, 4) is 0 Å². The fourth-order valence-corrected chi connectivity index (χ4v) is 4.87. The maximum atomic E-state index is 12.4. The lowest BCUT2D eigenvalue weighted by atomic mass is 10.3. The minimum absolute atomic E-state index is 0.00935. The van der Waals surface area contributed by atoms with Crippen LogP contribution in [0.3, 0.4) is 0 Å². The number of carbonyl (C=O) groups excluding carboxylic acids is 1. The number of hydrogen-bond acceptors (Lipinski definition) is 7. The molecule has 1 unspecified atom stereocenters. The number of nitrogens with two attached hydrogens (primary N) is 1. The average molecular weight is 316 g/mol. The van der Waals surface area contributed by atoms with Crippen LogP contribution in [0, 0.1) is 0 Å². The third-order valence-electron chi connectivity index (χ3n) is 3.07. The van der Waals surface area contributed by atoms with Gasteiger partial charge >= 0.3 is 0 Å². The molecule has 2 N–H and O–H groups in total. The van der Waals surface area contributed by atoms with Gasteiger partial charge in [-0.25, -0.2) is 8.42 Å². The van der Waals surface area contributed by atoms with Crippen molar-refractivity contribution >= 4 is 33.3 Å². The van der Waals surface area contributed by atoms with Gasteiger partial charge in [-0.1, -0.05) is 6.92 Å². The summed E-state index contributed by atoms with van der Waals surface area (Å²) in [5, 5.41) is 6.56. The number of sulfone groups is 1. The molecule has 1 aliphatic heterocycles. The number of hydrogen-bond donors (Lipinski definition) is 1. The molecule has 2 heterocycles. The molecule has 7 nitrogen and oxygen atoms in total. The Kier molecular flexibility index (Phi) is 4.48. The third kappa shape index (κ3) is 3.04. The zero-order valence-electron chi connectivity index (χ0n) is 11.0. The number of thioether (sulfide) groups is 1. The highest BCUT2D eigenvalue weighted by atomic mass is 32.2. The van der Waals surface area contributed by atoms with E-state index in [1.54, 1.807) is 6.92 Å². The van der Waals surface area contributed by atoms with Crippen LogP contribution in [-0.4, -0.2) is 58.6 Å². The van der Waals surface area contributed by atoms with Gasteiger partial charge in [-0.05, 0) is 12.1 Å². The van der Waals surface area contributed by atoms with Gasteiger partial charge in [0, 0.05) is 23.8 Å². The highest BCUT2D eigenvalue weighted by Gasteiger charge is 2.36. The quantitative estimate of drug-likeness (QED) is 0.837. The van der Waals surface area contributed by atoms with Gasteiger partial charge < -0.3 is 10.6 Å². The lowest BCUT2D eigenvalue weighted by Crippen LogP contribution is -2.50. The molecule has 0 radical (unpaired) electrons. The summed E-state index contributed by atoms with van der Waals surface area (Å²) < 4.78 is 24.2. The Hall–Kier alpha value is -1.35. The minimum atomic E-state index is -3.32. The van der Waals surface area contributed by atoms with Gasteiger partial charge in [-0.3, -0.25) is 4.79 Å². The predicted molar refractivity (Wildman–Crippen MR) is 78.1 cm³/mol. The first kappa shape index (κ1) is 15.0. The molecule has 1 aliphatic rings. The summed E-state index contributed by atoms with van der Waals surface area (Å²) in [5.74, 6) is 0.914. The lowest BCUT2D eigenvalue weighted by Gasteiger charge is -2.34. The number of rotatable bonds is 3. The molecule has 1 aromatic heterocycles. The van der Waals surface area contributed by atoms with E-state index in [9.17, 15) is 13.2 Å². The molecule has 20 heavy (non-hydrogen) atoms. The second-order valence-corrected chi connectivity index (χ2v) is 7.92. The van der Waals surface area contributed by atoms with Crippen molar-refractivity contribution in [2.24, 2.45) is 0 Å². The molecule has 1 aromatic rings. The van der Waals surface area contributed by atoms with Gasteiger partial charge in [-0.15, -0.1) is 10.2 Å². The number of nitrogens with zero attached hydrogens (tertiary/aromatic N) is 3. The van der Waals surface area contributed by atoms with Gasteiger partial charge in [0.2, 0.25) is 0 Å². The van der Waals surface area contributed by atoms with E-state index in [1.165, 1.54) is 28.8 Å². The lowest BCUT2D eigenvalue weighted by molar-refractivity contribution is 0.0742. The Labute approximate surface area is 121 Å². The SMILES string of the molecule is CCS(=O)(=O)C1CSCCN1C(=O)c1ccc(N)nn1. The van der Waals surface area contributed by atoms with E-state index in [0.717, 1.165) is 0 Å². The minimum Gasteiger partial charge on any atom is -0.382 e. The second-order valence-electron chi connectivity index (χ2n) is 4.32. The smallest absolute Gasteiger partial charge is 0.275 e. The number of anilines is 1. The molecule has 0 spiro atoms. The van der Waals surface area contributed by atoms with Crippen molar-refractivity contribution in [3.05, 3.63) is 17.8 Å². The highest BCUT2D eigenvalue weighted by molar-refractivity contribution is 8.01. The van der Waals surface area contributed by atoms with Crippen LogP contribution >= 0.6 is 11.8 Å². The van der Waals surface area contributed by atoms with Crippen LogP contribution in [0.25, 0.3) is 0 Å². The third-order valence-corrected chi connectivity index (χ3v) is 6.36. The molecular weight excluding hydrogens is 300 g/mol. The van der Waals surface area contributed by atoms with Crippen molar-refractivity contribution in [2.45, 2.75) is 12.3 Å². The maximum absolute atomic E-state index is 12.4. The molecule has 1 atom stereocenters. The van der Waals surface area contributed by atoms with Crippen molar-refractivity contribution in [2.75, 3.05) is 29.5 Å². The molecule has 1 saturated heterocycles. The largest absolute Gasteiger partial charge is 0.382 e. The van der Waals surface area contributed by atoms with Gasteiger partial charge in [0.05, 0.1) is 0 Å². The zero-order chi connectivity index (χ0) is 14.8. The molecule has 0 saturated carbocycles. The standard InChI is InChI=1S/C11H16N4O3S2/c1-2-20(17,18)10-7-19-6-5-15(10)11(16)8-3-4-9(12)14-13-8/h3-4,10H,2,5-7H2,1H3,(H2,12,14). The monoisotopic (exact) mass is 316 g/mol. The molecule has 0 aliphatic carbocycles. The van der Waals surface area contributed by atoms with E-state index in [4.69, 9.17) is 5.73 Å². The predicted octanol–water partition coefficient (Wildman–Crippen LogP) is 0.00860. The summed E-state index contributed by atoms with van der Waals surface area (Å²) >= 11 is 1.53. The van der Waals surface area contributed by atoms with Crippen molar-refractivity contribution in [3.63, 3.8) is 0 Å². The second kappa shape index (κ2) is 5.96. The zero-order valence-corrected chi connectivity index (χ0v) is 12.7. The van der Waals surface area contributed by atoms with Crippen LogP contribution in [0.1, 0.15) is 17.4 Å². The van der Waals surface area contributed by atoms with Crippen LogP contribution in [0.4, 0.5) is 5.82 Å². The van der Waals surface area contributed by atoms with Crippen LogP contribution in [0.5, 0.6) is 0 Å². The number of aromatic nitrogens is 2. The Morgan fingerprint density at radius 2 is 2.25 bits per heavy atom. The van der Waals surface area contributed by atoms with Crippen molar-refractivity contribution in [1.29, 1.82) is 0 Å². The first-order valence-electron chi connectivity index (χ1n) is 6.15. The summed E-state index contributed by atoms with van der Waals surface area (Å²) in [5.41, 5.74) is 5.54. The molecule has 1 amide bonds. The molecule has 1 fully saturated rings. The van der Waals surface area contributed by atoms with E-state index in [1.807, 2.05) is 0 Å². The number of amides is 1. The first-order valence-corrected chi connectivity index (χ1v) is 9.02. The topological polar surface area (TPSA) is 106 Å². The summed E-state index contributed by atoms with van der Waals surface area (Å²) in [4.78, 5) is 13.8. The average Bonchev–Trinajstić information content (AvgIpc) is 2.47. The normalized spacial score (nSPS) is 19.9. The van der Waals surface area contributed by atoms with Crippen LogP contribution in [0.15, 0.2) is 12.1 Å². The van der Waals surface area contributed by atoms with Gasteiger partial charge in [-0.2, -0.15) is 11.8 Å². The summed E-state index contributed by atoms with van der Waals surface area (Å²) in [6.07, 6.45) is 0. The fraction of sp³-hybridized carbons (Fsp3) is 0.545.